The van der Waals surface area contributed by atoms with Gasteiger partial charge >= 0.3 is 0 Å². The summed E-state index contributed by atoms with van der Waals surface area (Å²) in [4.78, 5) is 25.3. The molecule has 5 rings (SSSR count). The van der Waals surface area contributed by atoms with Crippen LogP contribution in [0.4, 0.5) is 0 Å². The van der Waals surface area contributed by atoms with Gasteiger partial charge in [0.2, 0.25) is 0 Å². The largest absolute Gasteiger partial charge is 0.512 e. The van der Waals surface area contributed by atoms with Crippen molar-refractivity contribution in [3.63, 3.8) is 0 Å². The van der Waals surface area contributed by atoms with E-state index in [0.29, 0.717) is 5.58 Å². The Kier molecular flexibility index (Phi) is 12.4. The Morgan fingerprint density at radius 2 is 1.51 bits per heavy atom. The van der Waals surface area contributed by atoms with E-state index in [-0.39, 0.29) is 47.9 Å². The van der Waals surface area contributed by atoms with Gasteiger partial charge in [-0.25, -0.2) is 4.98 Å². The summed E-state index contributed by atoms with van der Waals surface area (Å²) in [7, 11) is 0. The second-order valence-corrected chi connectivity index (χ2v) is 13.6. The molecule has 0 amide bonds. The van der Waals surface area contributed by atoms with Crippen LogP contribution in [0.3, 0.4) is 0 Å². The van der Waals surface area contributed by atoms with E-state index in [1.165, 1.54) is 17.0 Å². The Morgan fingerprint density at radius 3 is 2.11 bits per heavy atom. The van der Waals surface area contributed by atoms with E-state index in [1.54, 1.807) is 25.0 Å². The van der Waals surface area contributed by atoms with Crippen molar-refractivity contribution in [3.05, 3.63) is 90.9 Å². The molecule has 0 aliphatic rings. The van der Waals surface area contributed by atoms with E-state index in [2.05, 4.69) is 66.1 Å². The minimum Gasteiger partial charge on any atom is -0.512 e. The van der Waals surface area contributed by atoms with Gasteiger partial charge in [-0.2, -0.15) is 0 Å². The maximum absolute atomic E-state index is 12.2. The van der Waals surface area contributed by atoms with E-state index < -0.39 is 0 Å². The van der Waals surface area contributed by atoms with Crippen LogP contribution in [0.25, 0.3) is 44.3 Å². The van der Waals surface area contributed by atoms with Crippen LogP contribution in [0.5, 0.6) is 0 Å². The number of ketones is 1. The number of aliphatic hydroxyl groups excluding tert-OH is 1. The van der Waals surface area contributed by atoms with Crippen molar-refractivity contribution in [1.82, 2.24) is 15.0 Å². The Balaban J connectivity index is 0.000000290. The summed E-state index contributed by atoms with van der Waals surface area (Å²) in [5.74, 6) is 0.286. The average Bonchev–Trinajstić information content (AvgIpc) is 3.51. The number of nitrogens with zero attached hydrogens (tertiary/aromatic N) is 3. The standard InChI is InChI=1S/C25H20N3O.C15H28O2.Ir/c1-25(2,3)21-13-18(12-17-6-4-5-7-19(17)21)22-24-23(28-15-27-22)20(14-29-24)16-8-10-26-11-9-16;1-7-14(5,8-2)12(16)11-13(17)15(6,9-3)10-4;/h4-11,13-15H,1-3H3;11,16H,7-10H2,1-6H3;/q-1;;/b;12-11-;. The number of carbonyl (C=O) groups is 1. The number of aromatic nitrogens is 3. The molecule has 0 bridgehead atoms. The summed E-state index contributed by atoms with van der Waals surface area (Å²) in [6, 6.07) is 18.0. The van der Waals surface area contributed by atoms with Crippen LogP contribution in [-0.2, 0) is 30.3 Å². The summed E-state index contributed by atoms with van der Waals surface area (Å²) >= 11 is 0. The molecule has 1 N–H and O–H groups in total. The number of hydrogen-bond donors (Lipinski definition) is 1. The van der Waals surface area contributed by atoms with Crippen molar-refractivity contribution < 1.29 is 34.4 Å². The van der Waals surface area contributed by atoms with Gasteiger partial charge in [0.1, 0.15) is 29.4 Å². The maximum Gasteiger partial charge on any atom is 0.164 e. The van der Waals surface area contributed by atoms with Crippen molar-refractivity contribution >= 4 is 27.7 Å². The number of hydrogen-bond acceptors (Lipinski definition) is 6. The van der Waals surface area contributed by atoms with Gasteiger partial charge in [-0.15, -0.1) is 29.1 Å². The molecule has 6 nitrogen and oxygen atoms in total. The molecule has 1 radical (unpaired) electrons. The van der Waals surface area contributed by atoms with E-state index in [1.807, 2.05) is 59.7 Å². The fourth-order valence-corrected chi connectivity index (χ4v) is 5.44. The van der Waals surface area contributed by atoms with E-state index in [4.69, 9.17) is 4.42 Å². The van der Waals surface area contributed by atoms with Gasteiger partial charge in [0.05, 0.1) is 5.69 Å². The van der Waals surface area contributed by atoms with Gasteiger partial charge in [0.15, 0.2) is 5.78 Å². The van der Waals surface area contributed by atoms with Gasteiger partial charge in [0.25, 0.3) is 0 Å². The predicted octanol–water partition coefficient (Wildman–Crippen LogP) is 10.9. The SMILES string of the molecule is CC(C)(C)c1cc(-c2ncnc3c(-c4ccncc4)coc23)[c-]c2ccccc12.CCC(C)(CC)C(=O)/C=C(\O)C(C)(CC)CC.[Ir]. The molecule has 0 saturated heterocycles. The molecule has 7 heteroatoms. The molecule has 0 fully saturated rings. The Morgan fingerprint density at radius 1 is 0.894 bits per heavy atom. The third kappa shape index (κ3) is 8.08. The first-order chi connectivity index (χ1) is 21.8. The molecule has 0 aliphatic carbocycles. The van der Waals surface area contributed by atoms with Gasteiger partial charge in [-0.1, -0.05) is 91.5 Å². The number of furan rings is 1. The molecule has 3 aromatic heterocycles. The number of benzene rings is 2. The first-order valence-corrected chi connectivity index (χ1v) is 16.4. The summed E-state index contributed by atoms with van der Waals surface area (Å²) < 4.78 is 5.96. The van der Waals surface area contributed by atoms with Gasteiger partial charge in [-0.3, -0.25) is 14.8 Å². The number of allylic oxidation sites excluding steroid dienone is 2. The Hall–Kier alpha value is -3.67. The topological polar surface area (TPSA) is 89.1 Å². The second-order valence-electron chi connectivity index (χ2n) is 13.6. The molecule has 0 saturated carbocycles. The zero-order chi connectivity index (χ0) is 33.7. The van der Waals surface area contributed by atoms with Gasteiger partial charge < -0.3 is 9.52 Å². The fraction of sp³-hybridized carbons (Fsp3) is 0.400. The van der Waals surface area contributed by atoms with E-state index >= 15 is 0 Å². The molecular weight excluding hydrogens is 763 g/mol. The quantitative estimate of drug-likeness (QED) is 0.0906. The summed E-state index contributed by atoms with van der Waals surface area (Å²) in [5, 5.41) is 12.4. The van der Waals surface area contributed by atoms with Crippen LogP contribution < -0.4 is 0 Å². The zero-order valence-corrected chi connectivity index (χ0v) is 31.6. The third-order valence-electron chi connectivity index (χ3n) is 9.79. The molecule has 5 aromatic rings. The molecule has 3 heterocycles. The Bertz CT molecular complexity index is 1830. The molecular formula is C40H48IrN3O3-. The molecule has 47 heavy (non-hydrogen) atoms. The van der Waals surface area contributed by atoms with E-state index in [0.717, 1.165) is 59.0 Å². The van der Waals surface area contributed by atoms with Crippen LogP contribution >= 0.6 is 0 Å². The summed E-state index contributed by atoms with van der Waals surface area (Å²) in [6.07, 6.45) is 11.6. The number of carbonyl (C=O) groups excluding carboxylic acids is 1. The predicted molar refractivity (Wildman–Crippen MR) is 189 cm³/mol. The van der Waals surface area contributed by atoms with Crippen molar-refractivity contribution in [3.8, 4) is 22.4 Å². The van der Waals surface area contributed by atoms with Crippen LogP contribution in [-0.4, -0.2) is 25.8 Å². The summed E-state index contributed by atoms with van der Waals surface area (Å²) in [5.41, 5.74) is 5.72. The second kappa shape index (κ2) is 15.5. The smallest absolute Gasteiger partial charge is 0.164 e. The summed E-state index contributed by atoms with van der Waals surface area (Å²) in [6.45, 7) is 18.8. The van der Waals surface area contributed by atoms with Crippen molar-refractivity contribution in [2.24, 2.45) is 10.8 Å². The van der Waals surface area contributed by atoms with Crippen LogP contribution in [0.1, 0.15) is 93.6 Å². The average molecular weight is 811 g/mol. The van der Waals surface area contributed by atoms with Crippen LogP contribution in [0, 0.1) is 16.9 Å². The molecule has 0 atom stereocenters. The Labute approximate surface area is 293 Å². The van der Waals surface area contributed by atoms with Crippen molar-refractivity contribution in [2.75, 3.05) is 0 Å². The minimum atomic E-state index is -0.337. The number of aliphatic hydroxyl groups is 1. The number of rotatable bonds is 9. The third-order valence-corrected chi connectivity index (χ3v) is 9.79. The maximum atomic E-state index is 12.2. The monoisotopic (exact) mass is 811 g/mol. The molecule has 2 aromatic carbocycles. The first kappa shape index (κ1) is 37.8. The van der Waals surface area contributed by atoms with Crippen molar-refractivity contribution in [2.45, 2.75) is 93.4 Å². The molecule has 0 unspecified atom stereocenters. The van der Waals surface area contributed by atoms with Gasteiger partial charge in [0, 0.05) is 55.0 Å². The molecule has 251 valence electrons. The zero-order valence-electron chi connectivity index (χ0n) is 29.2. The first-order valence-electron chi connectivity index (χ1n) is 16.4. The van der Waals surface area contributed by atoms with Gasteiger partial charge in [-0.05, 0) is 48.8 Å². The van der Waals surface area contributed by atoms with Crippen LogP contribution in [0.2, 0.25) is 0 Å². The number of pyridine rings is 1. The minimum absolute atomic E-state index is 0. The molecule has 0 spiro atoms. The fourth-order valence-electron chi connectivity index (χ4n) is 5.44. The number of fused-ring (bicyclic) bond motifs is 2. The van der Waals surface area contributed by atoms with E-state index in [9.17, 15) is 9.90 Å². The van der Waals surface area contributed by atoms with Crippen molar-refractivity contribution in [1.29, 1.82) is 0 Å². The normalized spacial score (nSPS) is 12.4. The van der Waals surface area contributed by atoms with Crippen LogP contribution in [0.15, 0.2) is 83.7 Å². The molecule has 0 aliphatic heterocycles.